The van der Waals surface area contributed by atoms with Crippen molar-refractivity contribution in [3.63, 3.8) is 0 Å². The molecule has 1 N–H and O–H groups in total. The molecule has 4 heterocycles. The number of aryl methyl sites for hydroxylation is 1. The standard InChI is InChI=1S/C34H37Cl2N5OS/c1-20-14-21(2)19-39(18-20)29-11-10-25(17-27(29)36)41-33(32(38-34(41)43)28-8-6-7-13-37-28)26-15-22(3)40(23(26)4)30-16-24(35)9-12-31(30)42-5/h6-13,15-17,20-21,32-33H,14,18-19H2,1-5H3,(H,38,43). The monoisotopic (exact) mass is 633 g/mol. The van der Waals surface area contributed by atoms with Gasteiger partial charge >= 0.3 is 0 Å². The molecule has 2 saturated heterocycles. The topological polar surface area (TPSA) is 45.6 Å². The van der Waals surface area contributed by atoms with Crippen LogP contribution in [0, 0.1) is 25.7 Å². The zero-order valence-electron chi connectivity index (χ0n) is 25.1. The van der Waals surface area contributed by atoms with Gasteiger partial charge in [0.25, 0.3) is 0 Å². The van der Waals surface area contributed by atoms with Gasteiger partial charge in [-0.05, 0) is 104 Å². The molecule has 4 atom stereocenters. The first-order valence-corrected chi connectivity index (χ1v) is 15.9. The minimum atomic E-state index is -0.176. The summed E-state index contributed by atoms with van der Waals surface area (Å²) >= 11 is 19.5. The van der Waals surface area contributed by atoms with Crippen LogP contribution < -0.4 is 19.9 Å². The highest BCUT2D eigenvalue weighted by atomic mass is 35.5. The third kappa shape index (κ3) is 5.59. The van der Waals surface area contributed by atoms with E-state index in [1.165, 1.54) is 6.42 Å². The zero-order valence-corrected chi connectivity index (χ0v) is 27.5. The number of rotatable bonds is 6. The van der Waals surface area contributed by atoms with Crippen molar-refractivity contribution in [1.82, 2.24) is 14.9 Å². The highest BCUT2D eigenvalue weighted by Crippen LogP contribution is 2.46. The number of methoxy groups -OCH3 is 1. The van der Waals surface area contributed by atoms with Gasteiger partial charge in [0, 0.05) is 41.4 Å². The largest absolute Gasteiger partial charge is 0.495 e. The summed E-state index contributed by atoms with van der Waals surface area (Å²) in [5, 5.41) is 5.60. The Labute approximate surface area is 269 Å². The number of pyridine rings is 1. The molecular weight excluding hydrogens is 597 g/mol. The quantitative estimate of drug-likeness (QED) is 0.215. The number of benzene rings is 2. The summed E-state index contributed by atoms with van der Waals surface area (Å²) in [6.07, 6.45) is 3.07. The molecule has 0 radical (unpaired) electrons. The number of ether oxygens (including phenoxy) is 1. The fourth-order valence-corrected chi connectivity index (χ4v) is 7.81. The number of halogens is 2. The van der Waals surface area contributed by atoms with E-state index in [1.807, 2.05) is 42.6 Å². The van der Waals surface area contributed by atoms with Gasteiger partial charge in [-0.25, -0.2) is 0 Å². The molecule has 2 fully saturated rings. The molecule has 43 heavy (non-hydrogen) atoms. The lowest BCUT2D eigenvalue weighted by molar-refractivity contribution is 0.357. The van der Waals surface area contributed by atoms with Crippen LogP contribution in [0.2, 0.25) is 10.0 Å². The van der Waals surface area contributed by atoms with E-state index in [1.54, 1.807) is 7.11 Å². The summed E-state index contributed by atoms with van der Waals surface area (Å²) in [7, 11) is 1.68. The van der Waals surface area contributed by atoms with Crippen LogP contribution in [-0.4, -0.2) is 34.9 Å². The number of hydrogen-bond acceptors (Lipinski definition) is 4. The van der Waals surface area contributed by atoms with Crippen molar-refractivity contribution >= 4 is 51.9 Å². The maximum atomic E-state index is 7.05. The van der Waals surface area contributed by atoms with Crippen molar-refractivity contribution in [1.29, 1.82) is 0 Å². The Morgan fingerprint density at radius 2 is 1.72 bits per heavy atom. The molecule has 9 heteroatoms. The smallest absolute Gasteiger partial charge is 0.174 e. The average molecular weight is 635 g/mol. The fraction of sp³-hybridized carbons (Fsp3) is 0.353. The van der Waals surface area contributed by atoms with Crippen LogP contribution in [0.5, 0.6) is 5.75 Å². The maximum Gasteiger partial charge on any atom is 0.174 e. The average Bonchev–Trinajstić information content (AvgIpc) is 3.47. The van der Waals surface area contributed by atoms with Crippen molar-refractivity contribution in [2.24, 2.45) is 11.8 Å². The summed E-state index contributed by atoms with van der Waals surface area (Å²) in [5.74, 6) is 2.01. The highest BCUT2D eigenvalue weighted by Gasteiger charge is 2.42. The van der Waals surface area contributed by atoms with Gasteiger partial charge in [0.2, 0.25) is 0 Å². The number of hydrogen-bond donors (Lipinski definition) is 1. The molecule has 4 unspecified atom stereocenters. The minimum Gasteiger partial charge on any atom is -0.495 e. The van der Waals surface area contributed by atoms with E-state index in [9.17, 15) is 0 Å². The molecule has 0 bridgehead atoms. The molecule has 6 nitrogen and oxygen atoms in total. The van der Waals surface area contributed by atoms with Gasteiger partial charge in [0.1, 0.15) is 5.75 Å². The Balaban J connectivity index is 1.46. The Kier molecular flexibility index (Phi) is 8.33. The van der Waals surface area contributed by atoms with Crippen LogP contribution >= 0.6 is 35.4 Å². The lowest BCUT2D eigenvalue weighted by Gasteiger charge is -2.37. The second kappa shape index (κ2) is 12.0. The molecular formula is C34H37Cl2N5OS. The molecule has 224 valence electrons. The molecule has 2 aromatic heterocycles. The van der Waals surface area contributed by atoms with Gasteiger partial charge in [0.05, 0.1) is 41.3 Å². The summed E-state index contributed by atoms with van der Waals surface area (Å²) in [5.41, 5.74) is 7.08. The summed E-state index contributed by atoms with van der Waals surface area (Å²) in [6, 6.07) is 19.9. The number of anilines is 2. The first-order valence-electron chi connectivity index (χ1n) is 14.7. The lowest BCUT2D eigenvalue weighted by Crippen LogP contribution is -2.38. The number of nitrogens with zero attached hydrogens (tertiary/aromatic N) is 4. The molecule has 2 aromatic carbocycles. The minimum absolute atomic E-state index is 0.175. The van der Waals surface area contributed by atoms with Gasteiger partial charge in [-0.1, -0.05) is 43.1 Å². The number of aromatic nitrogens is 2. The van der Waals surface area contributed by atoms with E-state index in [2.05, 4.69) is 71.6 Å². The highest BCUT2D eigenvalue weighted by molar-refractivity contribution is 7.80. The van der Waals surface area contributed by atoms with Crippen LogP contribution in [-0.2, 0) is 0 Å². The first-order chi connectivity index (χ1) is 20.7. The second-order valence-corrected chi connectivity index (χ2v) is 13.2. The van der Waals surface area contributed by atoms with E-state index in [0.717, 1.165) is 63.6 Å². The number of nitrogens with one attached hydrogen (secondary N) is 1. The fourth-order valence-electron chi connectivity index (χ4n) is 7.01. The van der Waals surface area contributed by atoms with Crippen LogP contribution in [0.4, 0.5) is 11.4 Å². The predicted octanol–water partition coefficient (Wildman–Crippen LogP) is 8.46. The molecule has 0 spiro atoms. The summed E-state index contributed by atoms with van der Waals surface area (Å²) in [6.45, 7) is 10.9. The van der Waals surface area contributed by atoms with Crippen molar-refractivity contribution < 1.29 is 4.74 Å². The summed E-state index contributed by atoms with van der Waals surface area (Å²) < 4.78 is 7.93. The van der Waals surface area contributed by atoms with Crippen LogP contribution in [0.3, 0.4) is 0 Å². The van der Waals surface area contributed by atoms with E-state index < -0.39 is 0 Å². The van der Waals surface area contributed by atoms with Crippen molar-refractivity contribution in [3.05, 3.63) is 99.6 Å². The number of piperidine rings is 1. The Hall–Kier alpha value is -3.26. The van der Waals surface area contributed by atoms with E-state index in [4.69, 9.17) is 45.1 Å². The molecule has 4 aromatic rings. The molecule has 2 aliphatic rings. The van der Waals surface area contributed by atoms with E-state index in [-0.39, 0.29) is 12.1 Å². The Morgan fingerprint density at radius 3 is 2.40 bits per heavy atom. The number of thiocarbonyl (C=S) groups is 1. The van der Waals surface area contributed by atoms with Gasteiger partial charge in [-0.3, -0.25) is 4.98 Å². The Bertz CT molecular complexity index is 1650. The molecule has 0 amide bonds. The van der Waals surface area contributed by atoms with E-state index in [0.29, 0.717) is 22.0 Å². The maximum absolute atomic E-state index is 7.05. The normalized spacial score (nSPS) is 22.2. The van der Waals surface area contributed by atoms with Crippen LogP contribution in [0.1, 0.15) is 55.0 Å². The lowest BCUT2D eigenvalue weighted by atomic mass is 9.91. The zero-order chi connectivity index (χ0) is 30.4. The van der Waals surface area contributed by atoms with Crippen molar-refractivity contribution in [2.45, 2.75) is 46.2 Å². The van der Waals surface area contributed by atoms with E-state index >= 15 is 0 Å². The van der Waals surface area contributed by atoms with Crippen LogP contribution in [0.15, 0.2) is 66.9 Å². The predicted molar refractivity (Wildman–Crippen MR) is 181 cm³/mol. The Morgan fingerprint density at radius 1 is 0.953 bits per heavy atom. The molecule has 0 aliphatic carbocycles. The van der Waals surface area contributed by atoms with Gasteiger partial charge in [-0.15, -0.1) is 0 Å². The summed E-state index contributed by atoms with van der Waals surface area (Å²) in [4.78, 5) is 9.35. The van der Waals surface area contributed by atoms with Gasteiger partial charge in [-0.2, -0.15) is 0 Å². The first kappa shape index (κ1) is 29.8. The second-order valence-electron chi connectivity index (χ2n) is 12.0. The van der Waals surface area contributed by atoms with Crippen LogP contribution in [0.25, 0.3) is 5.69 Å². The van der Waals surface area contributed by atoms with Gasteiger partial charge < -0.3 is 24.4 Å². The van der Waals surface area contributed by atoms with Crippen molar-refractivity contribution in [3.8, 4) is 11.4 Å². The molecule has 2 aliphatic heterocycles. The third-order valence-electron chi connectivity index (χ3n) is 8.69. The van der Waals surface area contributed by atoms with Gasteiger partial charge in [0.15, 0.2) is 5.11 Å². The third-order valence-corrected chi connectivity index (χ3v) is 9.54. The molecule has 0 saturated carbocycles. The van der Waals surface area contributed by atoms with Crippen molar-refractivity contribution in [2.75, 3.05) is 30.0 Å². The SMILES string of the molecule is COc1ccc(Cl)cc1-n1c(C)cc(C2C(c3ccccn3)NC(=S)N2c2ccc(N3CC(C)CC(C)C3)c(Cl)c2)c1C. The molecule has 6 rings (SSSR count).